The van der Waals surface area contributed by atoms with Gasteiger partial charge in [0.15, 0.2) is 11.5 Å². The Morgan fingerprint density at radius 1 is 1.26 bits per heavy atom. The van der Waals surface area contributed by atoms with Crippen molar-refractivity contribution in [3.05, 3.63) is 29.3 Å². The highest BCUT2D eigenvalue weighted by molar-refractivity contribution is 5.64. The molecule has 0 heterocycles. The summed E-state index contributed by atoms with van der Waals surface area (Å²) in [6, 6.07) is 3.88. The van der Waals surface area contributed by atoms with Crippen LogP contribution >= 0.6 is 0 Å². The van der Waals surface area contributed by atoms with Crippen molar-refractivity contribution in [2.45, 2.75) is 51.6 Å². The van der Waals surface area contributed by atoms with E-state index in [1.54, 1.807) is 0 Å². The van der Waals surface area contributed by atoms with Gasteiger partial charge >= 0.3 is 0 Å². The molecule has 4 rings (SSSR count). The lowest BCUT2D eigenvalue weighted by molar-refractivity contribution is -0.00799. The SMILES string of the molecule is CCOc1cc2c(cc1O)C=C[C@@H]1[C@@H]2CC[C@]2(C)C(O)CC[C@@H]12. The van der Waals surface area contributed by atoms with Crippen LogP contribution in [0.5, 0.6) is 11.5 Å². The highest BCUT2D eigenvalue weighted by atomic mass is 16.5. The van der Waals surface area contributed by atoms with Crippen LogP contribution in [0.15, 0.2) is 18.2 Å². The Bertz CT molecular complexity index is 651. The topological polar surface area (TPSA) is 49.7 Å². The number of phenolic OH excluding ortho intramolecular Hbond substituents is 1. The number of aliphatic hydroxyl groups is 1. The van der Waals surface area contributed by atoms with Crippen molar-refractivity contribution in [1.82, 2.24) is 0 Å². The first kappa shape index (κ1) is 15.1. The van der Waals surface area contributed by atoms with Crippen molar-refractivity contribution < 1.29 is 14.9 Å². The number of aliphatic hydroxyl groups excluding tert-OH is 1. The lowest BCUT2D eigenvalue weighted by atomic mass is 9.57. The molecule has 3 nitrogen and oxygen atoms in total. The molecule has 2 saturated carbocycles. The van der Waals surface area contributed by atoms with Crippen LogP contribution in [0.25, 0.3) is 6.08 Å². The minimum atomic E-state index is -0.151. The van der Waals surface area contributed by atoms with Gasteiger partial charge in [-0.15, -0.1) is 0 Å². The van der Waals surface area contributed by atoms with Gasteiger partial charge < -0.3 is 14.9 Å². The third-order valence-electron chi connectivity index (χ3n) is 6.64. The number of benzene rings is 1. The molecule has 0 amide bonds. The van der Waals surface area contributed by atoms with E-state index >= 15 is 0 Å². The maximum atomic E-state index is 10.4. The number of rotatable bonds is 2. The van der Waals surface area contributed by atoms with Gasteiger partial charge in [-0.2, -0.15) is 0 Å². The molecule has 0 bridgehead atoms. The van der Waals surface area contributed by atoms with Crippen LogP contribution in [-0.4, -0.2) is 22.9 Å². The fraction of sp³-hybridized carbons (Fsp3) is 0.600. The summed E-state index contributed by atoms with van der Waals surface area (Å²) >= 11 is 0. The minimum absolute atomic E-state index is 0.0721. The molecule has 5 atom stereocenters. The highest BCUT2D eigenvalue weighted by Crippen LogP contribution is 2.60. The zero-order valence-electron chi connectivity index (χ0n) is 14.0. The van der Waals surface area contributed by atoms with Gasteiger partial charge in [-0.25, -0.2) is 0 Å². The van der Waals surface area contributed by atoms with Crippen molar-refractivity contribution in [2.75, 3.05) is 6.61 Å². The zero-order valence-corrected chi connectivity index (χ0v) is 14.0. The monoisotopic (exact) mass is 314 g/mol. The molecule has 0 aliphatic heterocycles. The summed E-state index contributed by atoms with van der Waals surface area (Å²) in [6.07, 6.45) is 8.57. The van der Waals surface area contributed by atoms with Crippen LogP contribution < -0.4 is 4.74 Å². The predicted octanol–water partition coefficient (Wildman–Crippen LogP) is 4.09. The zero-order chi connectivity index (χ0) is 16.2. The fourth-order valence-electron chi connectivity index (χ4n) is 5.35. The summed E-state index contributed by atoms with van der Waals surface area (Å²) < 4.78 is 5.59. The maximum Gasteiger partial charge on any atom is 0.161 e. The summed E-state index contributed by atoms with van der Waals surface area (Å²) in [5.41, 5.74) is 2.50. The molecule has 3 aliphatic carbocycles. The number of hydrogen-bond acceptors (Lipinski definition) is 3. The van der Waals surface area contributed by atoms with Gasteiger partial charge in [-0.05, 0) is 79.0 Å². The van der Waals surface area contributed by atoms with E-state index in [0.717, 1.165) is 31.2 Å². The van der Waals surface area contributed by atoms with Crippen molar-refractivity contribution in [3.63, 3.8) is 0 Å². The van der Waals surface area contributed by atoms with Gasteiger partial charge in [0.2, 0.25) is 0 Å². The molecule has 2 fully saturated rings. The Hall–Kier alpha value is -1.48. The first-order chi connectivity index (χ1) is 11.0. The van der Waals surface area contributed by atoms with Crippen molar-refractivity contribution >= 4 is 6.08 Å². The minimum Gasteiger partial charge on any atom is -0.504 e. The molecule has 0 saturated heterocycles. The van der Waals surface area contributed by atoms with E-state index < -0.39 is 0 Å². The van der Waals surface area contributed by atoms with E-state index in [0.29, 0.717) is 30.1 Å². The number of aromatic hydroxyl groups is 1. The summed E-state index contributed by atoms with van der Waals surface area (Å²) in [4.78, 5) is 0. The molecule has 1 unspecified atom stereocenters. The highest BCUT2D eigenvalue weighted by Gasteiger charge is 2.53. The molecule has 1 aromatic carbocycles. The molecular formula is C20H26O3. The molecule has 2 N–H and O–H groups in total. The second-order valence-corrected chi connectivity index (χ2v) is 7.67. The Labute approximate surface area is 138 Å². The predicted molar refractivity (Wildman–Crippen MR) is 90.6 cm³/mol. The van der Waals surface area contributed by atoms with Gasteiger partial charge in [-0.3, -0.25) is 0 Å². The van der Waals surface area contributed by atoms with Crippen LogP contribution in [0.1, 0.15) is 56.6 Å². The molecule has 3 aliphatic rings. The Kier molecular flexibility index (Phi) is 3.45. The number of ether oxygens (including phenoxy) is 1. The lowest BCUT2D eigenvalue weighted by Gasteiger charge is -2.48. The molecule has 124 valence electrons. The van der Waals surface area contributed by atoms with E-state index in [1.165, 1.54) is 5.56 Å². The third kappa shape index (κ3) is 2.13. The second-order valence-electron chi connectivity index (χ2n) is 7.67. The summed E-state index contributed by atoms with van der Waals surface area (Å²) in [5.74, 6) is 2.37. The quantitative estimate of drug-likeness (QED) is 0.864. The van der Waals surface area contributed by atoms with E-state index in [2.05, 4.69) is 19.1 Å². The van der Waals surface area contributed by atoms with Crippen LogP contribution in [0.4, 0.5) is 0 Å². The Balaban J connectivity index is 1.73. The molecule has 23 heavy (non-hydrogen) atoms. The van der Waals surface area contributed by atoms with Gasteiger partial charge in [0.25, 0.3) is 0 Å². The van der Waals surface area contributed by atoms with Crippen LogP contribution in [0.2, 0.25) is 0 Å². The Morgan fingerprint density at radius 3 is 2.87 bits per heavy atom. The summed E-state index contributed by atoms with van der Waals surface area (Å²) in [7, 11) is 0. The van der Waals surface area contributed by atoms with Crippen molar-refractivity contribution in [1.29, 1.82) is 0 Å². The smallest absolute Gasteiger partial charge is 0.161 e. The van der Waals surface area contributed by atoms with Crippen LogP contribution in [0.3, 0.4) is 0 Å². The number of fused-ring (bicyclic) bond motifs is 5. The van der Waals surface area contributed by atoms with E-state index in [1.807, 2.05) is 19.1 Å². The van der Waals surface area contributed by atoms with E-state index in [9.17, 15) is 10.2 Å². The average Bonchev–Trinajstić information content (AvgIpc) is 2.84. The van der Waals surface area contributed by atoms with E-state index in [-0.39, 0.29) is 17.3 Å². The van der Waals surface area contributed by atoms with Crippen LogP contribution in [-0.2, 0) is 0 Å². The largest absolute Gasteiger partial charge is 0.504 e. The molecule has 3 heteroatoms. The molecular weight excluding hydrogens is 288 g/mol. The maximum absolute atomic E-state index is 10.4. The van der Waals surface area contributed by atoms with Crippen molar-refractivity contribution in [2.24, 2.45) is 17.3 Å². The fourth-order valence-corrected chi connectivity index (χ4v) is 5.35. The number of hydrogen-bond donors (Lipinski definition) is 2. The second kappa shape index (κ2) is 5.27. The molecule has 0 radical (unpaired) electrons. The molecule has 0 spiro atoms. The molecule has 0 aromatic heterocycles. The first-order valence-electron chi connectivity index (χ1n) is 8.90. The number of phenols is 1. The third-order valence-corrected chi connectivity index (χ3v) is 6.64. The van der Waals surface area contributed by atoms with Gasteiger partial charge in [-0.1, -0.05) is 19.1 Å². The molecule has 1 aromatic rings. The van der Waals surface area contributed by atoms with Gasteiger partial charge in [0.05, 0.1) is 12.7 Å². The van der Waals surface area contributed by atoms with E-state index in [4.69, 9.17) is 4.74 Å². The van der Waals surface area contributed by atoms with Crippen molar-refractivity contribution in [3.8, 4) is 11.5 Å². The summed E-state index contributed by atoms with van der Waals surface area (Å²) in [6.45, 7) is 4.77. The van der Waals surface area contributed by atoms with Gasteiger partial charge in [0.1, 0.15) is 0 Å². The standard InChI is InChI=1S/C20H26O3/c1-3-23-18-11-15-12(10-17(18)21)4-5-14-13(15)8-9-20(2)16(14)6-7-19(20)22/h4-5,10-11,13-14,16,19,21-22H,3,6-9H2,1-2H3/t13-,14+,16-,19?,20-/m0/s1. The normalized spacial score (nSPS) is 37.9. The number of allylic oxidation sites excluding steroid dienone is 1. The van der Waals surface area contributed by atoms with Crippen LogP contribution in [0, 0.1) is 17.3 Å². The lowest BCUT2D eigenvalue weighted by Crippen LogP contribution is -2.42. The first-order valence-corrected chi connectivity index (χ1v) is 8.90. The average molecular weight is 314 g/mol. The Morgan fingerprint density at radius 2 is 2.09 bits per heavy atom. The summed E-state index contributed by atoms with van der Waals surface area (Å²) in [5, 5.41) is 20.6. The van der Waals surface area contributed by atoms with Gasteiger partial charge in [0, 0.05) is 0 Å².